The first kappa shape index (κ1) is 23.1. The van der Waals surface area contributed by atoms with Gasteiger partial charge in [-0.05, 0) is 75.1 Å². The van der Waals surface area contributed by atoms with Gasteiger partial charge in [-0.15, -0.1) is 0 Å². The molecule has 0 saturated heterocycles. The molecular formula is C39H25N3. The highest BCUT2D eigenvalue weighted by molar-refractivity contribution is 6.14. The molecule has 3 nitrogen and oxygen atoms in total. The predicted octanol–water partition coefficient (Wildman–Crippen LogP) is 10.4. The van der Waals surface area contributed by atoms with Gasteiger partial charge in [0.25, 0.3) is 0 Å². The second-order valence-corrected chi connectivity index (χ2v) is 10.8. The lowest BCUT2D eigenvalue weighted by molar-refractivity contribution is 1.06. The van der Waals surface area contributed by atoms with Crippen molar-refractivity contribution in [3.05, 3.63) is 152 Å². The quantitative estimate of drug-likeness (QED) is 0.210. The van der Waals surface area contributed by atoms with Gasteiger partial charge in [0.05, 0.1) is 28.1 Å². The van der Waals surface area contributed by atoms with Crippen LogP contribution in [0.25, 0.3) is 60.8 Å². The normalized spacial score (nSPS) is 12.2. The summed E-state index contributed by atoms with van der Waals surface area (Å²) in [4.78, 5) is 7.56. The molecule has 8 aromatic rings. The van der Waals surface area contributed by atoms with E-state index in [4.69, 9.17) is 4.98 Å². The Bertz CT molecular complexity index is 2300. The van der Waals surface area contributed by atoms with Gasteiger partial charge < -0.3 is 4.90 Å². The number of fused-ring (bicyclic) bond motifs is 5. The van der Waals surface area contributed by atoms with Crippen molar-refractivity contribution in [2.45, 2.75) is 0 Å². The van der Waals surface area contributed by atoms with Crippen molar-refractivity contribution < 1.29 is 0 Å². The van der Waals surface area contributed by atoms with Crippen molar-refractivity contribution in [3.63, 3.8) is 0 Å². The van der Waals surface area contributed by atoms with Crippen molar-refractivity contribution in [2.75, 3.05) is 4.90 Å². The third-order valence-corrected chi connectivity index (χ3v) is 8.48. The van der Waals surface area contributed by atoms with Crippen LogP contribution in [0, 0.1) is 0 Å². The number of hydrogen-bond donors (Lipinski definition) is 0. The molecule has 0 atom stereocenters. The molecule has 1 aliphatic heterocycles. The average molecular weight is 536 g/mol. The van der Waals surface area contributed by atoms with E-state index < -0.39 is 0 Å². The minimum atomic E-state index is 0.955. The monoisotopic (exact) mass is 535 g/mol. The summed E-state index contributed by atoms with van der Waals surface area (Å²) >= 11 is 0. The van der Waals surface area contributed by atoms with E-state index in [0.717, 1.165) is 45.2 Å². The largest absolute Gasteiger partial charge is 0.306 e. The minimum Gasteiger partial charge on any atom is -0.306 e. The topological polar surface area (TPSA) is 21.1 Å². The third-order valence-electron chi connectivity index (χ3n) is 8.48. The Hall–Kier alpha value is -5.67. The molecule has 0 spiro atoms. The standard InChI is InChI=1S/C39H25N3/c1-3-12-26(13-4-1)39-40-34-20-11-21-36-38(34)42(39)35-23-22-28(25-37(35)41(36)29-15-5-2-6-16-29)33-24-27-14-7-8-17-30(27)31-18-9-10-19-32(31)33/h1-25H. The van der Waals surface area contributed by atoms with Crippen LogP contribution in [0.4, 0.5) is 17.1 Å². The van der Waals surface area contributed by atoms with Crippen LogP contribution in [-0.4, -0.2) is 9.55 Å². The summed E-state index contributed by atoms with van der Waals surface area (Å²) in [5.74, 6) is 0.955. The van der Waals surface area contributed by atoms with E-state index in [-0.39, 0.29) is 0 Å². The molecule has 0 radical (unpaired) electrons. The Balaban J connectivity index is 1.37. The first-order chi connectivity index (χ1) is 20.8. The molecule has 0 N–H and O–H groups in total. The van der Waals surface area contributed by atoms with Crippen LogP contribution in [0.5, 0.6) is 0 Å². The number of rotatable bonds is 3. The van der Waals surface area contributed by atoms with Crippen LogP contribution in [0.3, 0.4) is 0 Å². The molecule has 9 rings (SSSR count). The van der Waals surface area contributed by atoms with Gasteiger partial charge in [0, 0.05) is 11.3 Å². The zero-order valence-electron chi connectivity index (χ0n) is 22.8. The minimum absolute atomic E-state index is 0.955. The van der Waals surface area contributed by atoms with Gasteiger partial charge in [-0.2, -0.15) is 0 Å². The van der Waals surface area contributed by atoms with Gasteiger partial charge in [0.1, 0.15) is 5.82 Å². The average Bonchev–Trinajstić information content (AvgIpc) is 3.46. The lowest BCUT2D eigenvalue weighted by Gasteiger charge is -2.33. The van der Waals surface area contributed by atoms with Crippen molar-refractivity contribution in [3.8, 4) is 28.2 Å². The molecule has 2 heterocycles. The highest BCUT2D eigenvalue weighted by Crippen LogP contribution is 2.49. The summed E-state index contributed by atoms with van der Waals surface area (Å²) in [7, 11) is 0. The highest BCUT2D eigenvalue weighted by Gasteiger charge is 2.30. The summed E-state index contributed by atoms with van der Waals surface area (Å²) < 4.78 is 2.34. The zero-order chi connectivity index (χ0) is 27.6. The molecular weight excluding hydrogens is 510 g/mol. The first-order valence-corrected chi connectivity index (χ1v) is 14.3. The molecule has 0 amide bonds. The van der Waals surface area contributed by atoms with Gasteiger partial charge in [-0.25, -0.2) is 4.98 Å². The highest BCUT2D eigenvalue weighted by atomic mass is 15.2. The lowest BCUT2D eigenvalue weighted by atomic mass is 9.92. The fourth-order valence-electron chi connectivity index (χ4n) is 6.64. The SMILES string of the molecule is c1ccc(-c2nc3cccc4c3n2-c2ccc(-c3cc5ccccc5c5ccccc35)cc2N4c2ccccc2)cc1. The smallest absolute Gasteiger partial charge is 0.145 e. The van der Waals surface area contributed by atoms with Gasteiger partial charge in [-0.3, -0.25) is 4.57 Å². The fraction of sp³-hybridized carbons (Fsp3) is 0. The first-order valence-electron chi connectivity index (χ1n) is 14.3. The van der Waals surface area contributed by atoms with E-state index >= 15 is 0 Å². The Labute approximate surface area is 243 Å². The summed E-state index contributed by atoms with van der Waals surface area (Å²) in [6, 6.07) is 54.3. The summed E-state index contributed by atoms with van der Waals surface area (Å²) in [5.41, 5.74) is 10.1. The molecule has 1 aromatic heterocycles. The van der Waals surface area contributed by atoms with Gasteiger partial charge in [0.2, 0.25) is 0 Å². The van der Waals surface area contributed by atoms with E-state index in [1.807, 2.05) is 0 Å². The van der Waals surface area contributed by atoms with Crippen molar-refractivity contribution in [2.24, 2.45) is 0 Å². The molecule has 1 aliphatic rings. The summed E-state index contributed by atoms with van der Waals surface area (Å²) in [6.07, 6.45) is 0. The van der Waals surface area contributed by atoms with Crippen LogP contribution < -0.4 is 4.90 Å². The number of nitrogens with zero attached hydrogens (tertiary/aromatic N) is 3. The molecule has 7 aromatic carbocycles. The van der Waals surface area contributed by atoms with Crippen LogP contribution in [0.15, 0.2) is 152 Å². The van der Waals surface area contributed by atoms with Gasteiger partial charge >= 0.3 is 0 Å². The number of anilines is 3. The Morgan fingerprint density at radius 1 is 0.452 bits per heavy atom. The molecule has 0 bridgehead atoms. The Kier molecular flexibility index (Phi) is 4.90. The lowest BCUT2D eigenvalue weighted by Crippen LogP contribution is -2.18. The third kappa shape index (κ3) is 3.31. The summed E-state index contributed by atoms with van der Waals surface area (Å²) in [6.45, 7) is 0. The van der Waals surface area contributed by atoms with Crippen molar-refractivity contribution in [1.29, 1.82) is 0 Å². The molecule has 196 valence electrons. The second kappa shape index (κ2) is 8.92. The van der Waals surface area contributed by atoms with E-state index in [0.29, 0.717) is 0 Å². The number of hydrogen-bond acceptors (Lipinski definition) is 2. The number of aromatic nitrogens is 2. The van der Waals surface area contributed by atoms with Crippen LogP contribution in [0.2, 0.25) is 0 Å². The number of para-hydroxylation sites is 2. The zero-order valence-corrected chi connectivity index (χ0v) is 22.8. The second-order valence-electron chi connectivity index (χ2n) is 10.8. The maximum atomic E-state index is 5.17. The maximum absolute atomic E-state index is 5.17. The molecule has 0 saturated carbocycles. The fourth-order valence-corrected chi connectivity index (χ4v) is 6.64. The Morgan fingerprint density at radius 3 is 2.00 bits per heavy atom. The van der Waals surface area contributed by atoms with Gasteiger partial charge in [-0.1, -0.05) is 109 Å². The van der Waals surface area contributed by atoms with E-state index in [2.05, 4.69) is 161 Å². The van der Waals surface area contributed by atoms with Crippen LogP contribution in [0.1, 0.15) is 0 Å². The maximum Gasteiger partial charge on any atom is 0.145 e. The Morgan fingerprint density at radius 2 is 1.17 bits per heavy atom. The number of imidazole rings is 1. The van der Waals surface area contributed by atoms with Crippen molar-refractivity contribution in [1.82, 2.24) is 9.55 Å². The molecule has 42 heavy (non-hydrogen) atoms. The van der Waals surface area contributed by atoms with Gasteiger partial charge in [0.15, 0.2) is 0 Å². The molecule has 3 heteroatoms. The van der Waals surface area contributed by atoms with E-state index in [9.17, 15) is 0 Å². The van der Waals surface area contributed by atoms with Crippen LogP contribution in [-0.2, 0) is 0 Å². The molecule has 0 aliphatic carbocycles. The summed E-state index contributed by atoms with van der Waals surface area (Å²) in [5, 5.41) is 5.06. The molecule has 0 fully saturated rings. The predicted molar refractivity (Wildman–Crippen MR) is 175 cm³/mol. The van der Waals surface area contributed by atoms with E-state index in [1.54, 1.807) is 0 Å². The van der Waals surface area contributed by atoms with Crippen molar-refractivity contribution >= 4 is 49.6 Å². The van der Waals surface area contributed by atoms with E-state index in [1.165, 1.54) is 32.7 Å². The van der Waals surface area contributed by atoms with Crippen LogP contribution >= 0.6 is 0 Å². The molecule has 0 unspecified atom stereocenters. The number of benzene rings is 7.